The maximum atomic E-state index is 15.3. The fourth-order valence-electron chi connectivity index (χ4n) is 3.32. The quantitative estimate of drug-likeness (QED) is 0.364. The van der Waals surface area contributed by atoms with Crippen LogP contribution < -0.4 is 11.2 Å². The van der Waals surface area contributed by atoms with Gasteiger partial charge in [-0.05, 0) is 30.3 Å². The van der Waals surface area contributed by atoms with E-state index in [4.69, 9.17) is 11.1 Å². The van der Waals surface area contributed by atoms with E-state index < -0.39 is 34.8 Å². The zero-order valence-corrected chi connectivity index (χ0v) is 16.6. The lowest BCUT2D eigenvalue weighted by Gasteiger charge is -2.26. The number of nitrogens with two attached hydrogens (primary N) is 1. The summed E-state index contributed by atoms with van der Waals surface area (Å²) in [6.07, 6.45) is -0.444. The smallest absolute Gasteiger partial charge is 0.304 e. The first-order valence-electron chi connectivity index (χ1n) is 9.28. The van der Waals surface area contributed by atoms with Crippen molar-refractivity contribution < 1.29 is 22.4 Å². The van der Waals surface area contributed by atoms with Crippen LogP contribution in [0.4, 0.5) is 17.6 Å². The van der Waals surface area contributed by atoms with Crippen LogP contribution in [0, 0.1) is 17.0 Å². The molecule has 0 saturated heterocycles. The Morgan fingerprint density at radius 1 is 1.09 bits per heavy atom. The molecule has 0 aliphatic heterocycles. The van der Waals surface area contributed by atoms with Crippen molar-refractivity contribution in [1.29, 1.82) is 5.41 Å². The number of nitrogens with zero attached hydrogens (tertiary/aromatic N) is 4. The Bertz CT molecular complexity index is 1410. The SMILES string of the molecule is Cn1cc2cc(C(F)(F)C(N)n3nc(-c4ccc(C=O)c(F)c4)ccc3=N)c(F)cc2n1. The van der Waals surface area contributed by atoms with Crippen LogP contribution in [0.1, 0.15) is 22.1 Å². The number of aromatic nitrogens is 4. The number of aryl methyl sites for hydroxylation is 1. The van der Waals surface area contributed by atoms with Crippen molar-refractivity contribution in [3.05, 3.63) is 76.9 Å². The fraction of sp³-hybridized carbons (Fsp3) is 0.143. The number of alkyl halides is 2. The second kappa shape index (κ2) is 7.68. The monoisotopic (exact) mass is 444 g/mol. The van der Waals surface area contributed by atoms with Gasteiger partial charge in [-0.15, -0.1) is 0 Å². The van der Waals surface area contributed by atoms with E-state index in [1.165, 1.54) is 29.1 Å². The van der Waals surface area contributed by atoms with Crippen LogP contribution in [0.3, 0.4) is 0 Å². The van der Waals surface area contributed by atoms with Crippen LogP contribution in [0.2, 0.25) is 0 Å². The standard InChI is InChI=1S/C21H16F4N6O/c1-30-9-13-6-14(16(23)8-18(13)28-30)21(24,25)20(27)31-19(26)5-4-17(29-31)11-2-3-12(10-32)15(22)7-11/h2-10,20,26H,27H2,1H3. The van der Waals surface area contributed by atoms with E-state index in [0.717, 1.165) is 24.3 Å². The number of halogens is 4. The van der Waals surface area contributed by atoms with E-state index in [0.29, 0.717) is 16.4 Å². The average Bonchev–Trinajstić information content (AvgIpc) is 3.11. The summed E-state index contributed by atoms with van der Waals surface area (Å²) in [6.45, 7) is 0. The molecule has 0 amide bonds. The van der Waals surface area contributed by atoms with Crippen molar-refractivity contribution in [2.75, 3.05) is 0 Å². The van der Waals surface area contributed by atoms with E-state index in [1.807, 2.05) is 0 Å². The Balaban J connectivity index is 1.78. The highest BCUT2D eigenvalue weighted by atomic mass is 19.3. The largest absolute Gasteiger partial charge is 0.310 e. The zero-order chi connectivity index (χ0) is 23.2. The molecule has 2 aromatic carbocycles. The van der Waals surface area contributed by atoms with Crippen LogP contribution in [0.5, 0.6) is 0 Å². The van der Waals surface area contributed by atoms with Gasteiger partial charge in [0, 0.05) is 30.3 Å². The molecule has 11 heteroatoms. The Labute approximate surface area is 178 Å². The molecule has 3 N–H and O–H groups in total. The lowest BCUT2D eigenvalue weighted by Crippen LogP contribution is -2.42. The Hall–Kier alpha value is -3.86. The highest BCUT2D eigenvalue weighted by Gasteiger charge is 2.44. The molecule has 4 rings (SSSR count). The maximum Gasteiger partial charge on any atom is 0.310 e. The van der Waals surface area contributed by atoms with Gasteiger partial charge in [-0.1, -0.05) is 6.07 Å². The van der Waals surface area contributed by atoms with E-state index in [9.17, 15) is 13.6 Å². The predicted molar refractivity (Wildman–Crippen MR) is 107 cm³/mol. The summed E-state index contributed by atoms with van der Waals surface area (Å²) in [6, 6.07) is 7.93. The van der Waals surface area contributed by atoms with Crippen molar-refractivity contribution in [2.45, 2.75) is 12.1 Å². The number of fused-ring (bicyclic) bond motifs is 1. The first-order valence-corrected chi connectivity index (χ1v) is 9.28. The molecule has 0 spiro atoms. The topological polar surface area (TPSA) is 103 Å². The van der Waals surface area contributed by atoms with Crippen molar-refractivity contribution >= 4 is 17.2 Å². The molecule has 0 bridgehead atoms. The Kier molecular flexibility index (Phi) is 5.13. The third-order valence-electron chi connectivity index (χ3n) is 4.99. The van der Waals surface area contributed by atoms with E-state index in [1.54, 1.807) is 7.05 Å². The number of hydrogen-bond donors (Lipinski definition) is 2. The first-order chi connectivity index (χ1) is 15.1. The molecule has 0 radical (unpaired) electrons. The normalized spacial score (nSPS) is 12.8. The number of carbonyl (C=O) groups excluding carboxylic acids is 1. The molecular formula is C21H16F4N6O. The minimum absolute atomic E-state index is 0.0341. The number of nitrogens with one attached hydrogen (secondary N) is 1. The average molecular weight is 444 g/mol. The fourth-order valence-corrected chi connectivity index (χ4v) is 3.32. The van der Waals surface area contributed by atoms with Gasteiger partial charge in [0.05, 0.1) is 22.3 Å². The van der Waals surface area contributed by atoms with Gasteiger partial charge in [-0.3, -0.25) is 14.9 Å². The highest BCUT2D eigenvalue weighted by Crippen LogP contribution is 2.38. The summed E-state index contributed by atoms with van der Waals surface area (Å²) < 4.78 is 60.9. The zero-order valence-electron chi connectivity index (χ0n) is 16.6. The van der Waals surface area contributed by atoms with Crippen LogP contribution in [-0.4, -0.2) is 25.8 Å². The minimum atomic E-state index is -3.95. The molecule has 2 aromatic heterocycles. The summed E-state index contributed by atoms with van der Waals surface area (Å²) in [5, 5.41) is 16.2. The van der Waals surface area contributed by atoms with Crippen LogP contribution in [-0.2, 0) is 13.0 Å². The number of carbonyl (C=O) groups is 1. The molecule has 0 saturated carbocycles. The molecule has 0 aliphatic rings. The van der Waals surface area contributed by atoms with E-state index in [2.05, 4.69) is 10.2 Å². The molecule has 2 heterocycles. The van der Waals surface area contributed by atoms with E-state index >= 15 is 8.78 Å². The van der Waals surface area contributed by atoms with Gasteiger partial charge in [0.25, 0.3) is 0 Å². The summed E-state index contributed by atoms with van der Waals surface area (Å²) in [7, 11) is 1.57. The van der Waals surface area contributed by atoms with Crippen molar-refractivity contribution in [2.24, 2.45) is 12.8 Å². The lowest BCUT2D eigenvalue weighted by molar-refractivity contribution is -0.0647. The molecule has 1 atom stereocenters. The molecule has 4 aromatic rings. The minimum Gasteiger partial charge on any atom is -0.304 e. The summed E-state index contributed by atoms with van der Waals surface area (Å²) in [4.78, 5) is 10.8. The molecule has 32 heavy (non-hydrogen) atoms. The van der Waals surface area contributed by atoms with Crippen molar-refractivity contribution in [3.8, 4) is 11.3 Å². The Morgan fingerprint density at radius 3 is 2.53 bits per heavy atom. The molecule has 0 aliphatic carbocycles. The second-order valence-electron chi connectivity index (χ2n) is 7.16. The molecule has 7 nitrogen and oxygen atoms in total. The number of aldehydes is 1. The van der Waals surface area contributed by atoms with Gasteiger partial charge in [0.1, 0.15) is 17.1 Å². The second-order valence-corrected chi connectivity index (χ2v) is 7.16. The number of benzene rings is 2. The third-order valence-corrected chi connectivity index (χ3v) is 4.99. The van der Waals surface area contributed by atoms with E-state index in [-0.39, 0.29) is 22.3 Å². The molecular weight excluding hydrogens is 428 g/mol. The van der Waals surface area contributed by atoms with Gasteiger partial charge in [0.15, 0.2) is 12.5 Å². The molecule has 0 fully saturated rings. The highest BCUT2D eigenvalue weighted by molar-refractivity contribution is 5.79. The summed E-state index contributed by atoms with van der Waals surface area (Å²) >= 11 is 0. The maximum absolute atomic E-state index is 15.3. The lowest BCUT2D eigenvalue weighted by atomic mass is 10.0. The first kappa shape index (κ1) is 21.4. The van der Waals surface area contributed by atoms with Gasteiger partial charge < -0.3 is 5.73 Å². The Morgan fingerprint density at radius 2 is 1.84 bits per heavy atom. The van der Waals surface area contributed by atoms with Gasteiger partial charge in [-0.2, -0.15) is 19.0 Å². The van der Waals surface area contributed by atoms with Crippen LogP contribution >= 0.6 is 0 Å². The third kappa shape index (κ3) is 3.56. The van der Waals surface area contributed by atoms with Crippen LogP contribution in [0.15, 0.2) is 48.7 Å². The number of hydrogen-bond acceptors (Lipinski definition) is 5. The summed E-state index contributed by atoms with van der Waals surface area (Å²) in [5.74, 6) is -5.97. The van der Waals surface area contributed by atoms with Gasteiger partial charge in [-0.25, -0.2) is 13.5 Å². The van der Waals surface area contributed by atoms with Gasteiger partial charge >= 0.3 is 5.92 Å². The summed E-state index contributed by atoms with van der Waals surface area (Å²) in [5.41, 5.74) is 4.58. The van der Waals surface area contributed by atoms with Crippen LogP contribution in [0.25, 0.3) is 22.2 Å². The molecule has 1 unspecified atom stereocenters. The number of rotatable bonds is 5. The van der Waals surface area contributed by atoms with Crippen molar-refractivity contribution in [3.63, 3.8) is 0 Å². The van der Waals surface area contributed by atoms with Gasteiger partial charge in [0.2, 0.25) is 0 Å². The predicted octanol–water partition coefficient (Wildman–Crippen LogP) is 3.26. The molecule has 164 valence electrons. The van der Waals surface area contributed by atoms with Crippen molar-refractivity contribution in [1.82, 2.24) is 19.6 Å².